The van der Waals surface area contributed by atoms with Crippen LogP contribution in [0.5, 0.6) is 0 Å². The third kappa shape index (κ3) is 4.70. The van der Waals surface area contributed by atoms with Crippen LogP contribution in [-0.4, -0.2) is 17.3 Å². The van der Waals surface area contributed by atoms with Gasteiger partial charge in [0.1, 0.15) is 11.1 Å². The monoisotopic (exact) mass is 398 g/mol. The van der Waals surface area contributed by atoms with Gasteiger partial charge in [-0.25, -0.2) is 4.79 Å². The first-order chi connectivity index (χ1) is 14.7. The fourth-order valence-corrected chi connectivity index (χ4v) is 3.47. The Labute approximate surface area is 174 Å². The largest absolute Gasteiger partial charge is 0.422 e. The summed E-state index contributed by atoms with van der Waals surface area (Å²) in [5.74, 6) is -0.242. The van der Waals surface area contributed by atoms with Gasteiger partial charge in [0, 0.05) is 42.7 Å². The first-order valence-corrected chi connectivity index (χ1v) is 9.95. The van der Waals surface area contributed by atoms with E-state index in [1.807, 2.05) is 60.7 Å². The Morgan fingerprint density at radius 3 is 2.53 bits per heavy atom. The highest BCUT2D eigenvalue weighted by molar-refractivity contribution is 5.98. The van der Waals surface area contributed by atoms with E-state index in [1.165, 1.54) is 0 Å². The van der Waals surface area contributed by atoms with Crippen molar-refractivity contribution in [2.75, 3.05) is 6.54 Å². The molecule has 4 aromatic rings. The lowest BCUT2D eigenvalue weighted by atomic mass is 9.98. The molecule has 2 heterocycles. The summed E-state index contributed by atoms with van der Waals surface area (Å²) < 4.78 is 5.34. The van der Waals surface area contributed by atoms with E-state index in [0.717, 1.165) is 23.1 Å². The number of fused-ring (bicyclic) bond motifs is 1. The van der Waals surface area contributed by atoms with Crippen molar-refractivity contribution in [2.24, 2.45) is 0 Å². The SMILES string of the molecule is O=C(CC(NCCc1ccccn1)c1ccccc1)c1cc2ccccc2oc1=O. The summed E-state index contributed by atoms with van der Waals surface area (Å²) >= 11 is 0. The lowest BCUT2D eigenvalue weighted by molar-refractivity contribution is 0.0965. The van der Waals surface area contributed by atoms with Gasteiger partial charge in [-0.15, -0.1) is 0 Å². The van der Waals surface area contributed by atoms with Crippen molar-refractivity contribution >= 4 is 16.8 Å². The predicted octanol–water partition coefficient (Wildman–Crippen LogP) is 4.33. The van der Waals surface area contributed by atoms with Gasteiger partial charge in [-0.2, -0.15) is 0 Å². The molecule has 0 bridgehead atoms. The highest BCUT2D eigenvalue weighted by Crippen LogP contribution is 2.20. The van der Waals surface area contributed by atoms with Gasteiger partial charge in [-0.05, 0) is 29.8 Å². The molecule has 0 saturated heterocycles. The molecule has 30 heavy (non-hydrogen) atoms. The summed E-state index contributed by atoms with van der Waals surface area (Å²) in [7, 11) is 0. The third-order valence-electron chi connectivity index (χ3n) is 5.03. The van der Waals surface area contributed by atoms with Crippen LogP contribution in [0.15, 0.2) is 94.3 Å². The van der Waals surface area contributed by atoms with E-state index < -0.39 is 5.63 Å². The second-order valence-electron chi connectivity index (χ2n) is 7.10. The highest BCUT2D eigenvalue weighted by atomic mass is 16.4. The van der Waals surface area contributed by atoms with Crippen molar-refractivity contribution in [3.63, 3.8) is 0 Å². The molecule has 150 valence electrons. The number of ketones is 1. The molecule has 4 rings (SSSR count). The number of Topliss-reactive ketones (excluding diaryl/α,β-unsaturated/α-hetero) is 1. The second-order valence-corrected chi connectivity index (χ2v) is 7.10. The van der Waals surface area contributed by atoms with Gasteiger partial charge in [-0.3, -0.25) is 9.78 Å². The summed E-state index contributed by atoms with van der Waals surface area (Å²) in [6, 6.07) is 24.2. The zero-order valence-electron chi connectivity index (χ0n) is 16.5. The lowest BCUT2D eigenvalue weighted by Gasteiger charge is -2.18. The van der Waals surface area contributed by atoms with Gasteiger partial charge >= 0.3 is 5.63 Å². The normalized spacial score (nSPS) is 12.0. The predicted molar refractivity (Wildman–Crippen MR) is 117 cm³/mol. The molecule has 0 spiro atoms. The Morgan fingerprint density at radius 1 is 0.967 bits per heavy atom. The minimum atomic E-state index is -0.598. The number of hydrogen-bond acceptors (Lipinski definition) is 5. The van der Waals surface area contributed by atoms with E-state index in [9.17, 15) is 9.59 Å². The fraction of sp³-hybridized carbons (Fsp3) is 0.160. The number of rotatable bonds is 8. The van der Waals surface area contributed by atoms with Crippen LogP contribution in [0.2, 0.25) is 0 Å². The van der Waals surface area contributed by atoms with Gasteiger partial charge in [0.2, 0.25) is 0 Å². The first kappa shape index (κ1) is 19.7. The Hall–Kier alpha value is -3.57. The number of carbonyl (C=O) groups is 1. The van der Waals surface area contributed by atoms with Crippen molar-refractivity contribution in [3.8, 4) is 0 Å². The quantitative estimate of drug-likeness (QED) is 0.353. The molecule has 0 amide bonds. The van der Waals surface area contributed by atoms with Crippen molar-refractivity contribution in [3.05, 3.63) is 112 Å². The van der Waals surface area contributed by atoms with E-state index in [0.29, 0.717) is 12.1 Å². The molecule has 2 aromatic heterocycles. The van der Waals surface area contributed by atoms with Crippen LogP contribution in [-0.2, 0) is 6.42 Å². The van der Waals surface area contributed by atoms with E-state index >= 15 is 0 Å². The molecule has 5 heteroatoms. The average Bonchev–Trinajstić information content (AvgIpc) is 2.79. The van der Waals surface area contributed by atoms with Crippen LogP contribution in [0.3, 0.4) is 0 Å². The maximum Gasteiger partial charge on any atom is 0.347 e. The standard InChI is InChI=1S/C25H22N2O3/c28-23(21-16-19-10-4-5-12-24(19)30-25(21)29)17-22(18-8-2-1-3-9-18)27-15-13-20-11-6-7-14-26-20/h1-12,14,16,22,27H,13,15,17H2. The Balaban J connectivity index is 1.53. The minimum absolute atomic E-state index is 0.0844. The Kier molecular flexibility index (Phi) is 6.11. The fourth-order valence-electron chi connectivity index (χ4n) is 3.47. The summed E-state index contributed by atoms with van der Waals surface area (Å²) in [6.45, 7) is 0.663. The van der Waals surface area contributed by atoms with Gasteiger partial charge in [0.25, 0.3) is 0 Å². The number of hydrogen-bond donors (Lipinski definition) is 1. The molecular formula is C25H22N2O3. The van der Waals surface area contributed by atoms with Gasteiger partial charge in [0.05, 0.1) is 0 Å². The number of nitrogens with zero attached hydrogens (tertiary/aromatic N) is 1. The molecule has 0 aliphatic carbocycles. The highest BCUT2D eigenvalue weighted by Gasteiger charge is 2.20. The summed E-state index contributed by atoms with van der Waals surface area (Å²) in [5.41, 5.74) is 1.95. The topological polar surface area (TPSA) is 72.2 Å². The van der Waals surface area contributed by atoms with Crippen LogP contribution < -0.4 is 10.9 Å². The van der Waals surface area contributed by atoms with Gasteiger partial charge in [-0.1, -0.05) is 54.6 Å². The zero-order valence-corrected chi connectivity index (χ0v) is 16.5. The number of carbonyl (C=O) groups excluding carboxylic acids is 1. The van der Waals surface area contributed by atoms with Crippen LogP contribution >= 0.6 is 0 Å². The van der Waals surface area contributed by atoms with Crippen molar-refractivity contribution in [2.45, 2.75) is 18.9 Å². The van der Waals surface area contributed by atoms with Crippen LogP contribution in [0.4, 0.5) is 0 Å². The molecule has 1 unspecified atom stereocenters. The van der Waals surface area contributed by atoms with E-state index in [2.05, 4.69) is 10.3 Å². The Morgan fingerprint density at radius 2 is 1.73 bits per heavy atom. The molecule has 0 saturated carbocycles. The van der Waals surface area contributed by atoms with E-state index in [-0.39, 0.29) is 23.8 Å². The van der Waals surface area contributed by atoms with Gasteiger partial charge < -0.3 is 9.73 Å². The summed E-state index contributed by atoms with van der Waals surface area (Å²) in [6.07, 6.45) is 2.68. The number of aromatic nitrogens is 1. The molecule has 0 radical (unpaired) electrons. The van der Waals surface area contributed by atoms with Crippen molar-refractivity contribution in [1.29, 1.82) is 0 Å². The zero-order chi connectivity index (χ0) is 20.8. The molecule has 2 aromatic carbocycles. The third-order valence-corrected chi connectivity index (χ3v) is 5.03. The number of pyridine rings is 1. The molecule has 0 aliphatic rings. The van der Waals surface area contributed by atoms with Crippen molar-refractivity contribution in [1.82, 2.24) is 10.3 Å². The molecular weight excluding hydrogens is 376 g/mol. The average molecular weight is 398 g/mol. The van der Waals surface area contributed by atoms with Crippen LogP contribution in [0.25, 0.3) is 11.0 Å². The smallest absolute Gasteiger partial charge is 0.347 e. The molecule has 1 atom stereocenters. The summed E-state index contributed by atoms with van der Waals surface area (Å²) in [5, 5.41) is 4.18. The number of benzene rings is 2. The Bertz CT molecular complexity index is 1190. The maximum atomic E-state index is 13.0. The molecule has 5 nitrogen and oxygen atoms in total. The van der Waals surface area contributed by atoms with E-state index in [4.69, 9.17) is 4.42 Å². The minimum Gasteiger partial charge on any atom is -0.422 e. The van der Waals surface area contributed by atoms with E-state index in [1.54, 1.807) is 24.4 Å². The summed E-state index contributed by atoms with van der Waals surface area (Å²) in [4.78, 5) is 29.7. The first-order valence-electron chi connectivity index (χ1n) is 9.95. The van der Waals surface area contributed by atoms with Crippen molar-refractivity contribution < 1.29 is 9.21 Å². The molecule has 1 N–H and O–H groups in total. The lowest BCUT2D eigenvalue weighted by Crippen LogP contribution is -2.27. The second kappa shape index (κ2) is 9.29. The maximum absolute atomic E-state index is 13.0. The van der Waals surface area contributed by atoms with Gasteiger partial charge in [0.15, 0.2) is 5.78 Å². The van der Waals surface area contributed by atoms with Crippen LogP contribution in [0, 0.1) is 0 Å². The number of nitrogens with one attached hydrogen (secondary N) is 1. The van der Waals surface area contributed by atoms with Crippen LogP contribution in [0.1, 0.15) is 34.1 Å². The molecule has 0 aliphatic heterocycles. The molecule has 0 fully saturated rings. The number of para-hydroxylation sites is 1.